The van der Waals surface area contributed by atoms with Crippen molar-refractivity contribution in [3.63, 3.8) is 0 Å². The number of nitrogens with zero attached hydrogens (tertiary/aromatic N) is 2. The van der Waals surface area contributed by atoms with E-state index in [4.69, 9.17) is 4.74 Å². The van der Waals surface area contributed by atoms with Gasteiger partial charge < -0.3 is 4.74 Å². The van der Waals surface area contributed by atoms with Crippen molar-refractivity contribution in [2.45, 2.75) is 6.61 Å². The number of rotatable bonds is 2. The molecule has 0 aliphatic carbocycles. The summed E-state index contributed by atoms with van der Waals surface area (Å²) >= 11 is 3.09. The number of methoxy groups -OCH3 is 1. The van der Waals surface area contributed by atoms with E-state index in [9.17, 15) is 0 Å². The Morgan fingerprint density at radius 3 is 3.00 bits per heavy atom. The zero-order valence-electron chi connectivity index (χ0n) is 4.89. The predicted molar refractivity (Wildman–Crippen MR) is 34.8 cm³/mol. The fraction of sp³-hybridized carbons (Fsp3) is 0.500. The van der Waals surface area contributed by atoms with Crippen LogP contribution in [0, 0.1) is 0 Å². The van der Waals surface area contributed by atoms with E-state index in [-0.39, 0.29) is 0 Å². The van der Waals surface area contributed by atoms with Crippen LogP contribution in [0.3, 0.4) is 0 Å². The van der Waals surface area contributed by atoms with E-state index in [1.807, 2.05) is 0 Å². The highest BCUT2D eigenvalue weighted by atomic mass is 79.9. The van der Waals surface area contributed by atoms with Crippen LogP contribution in [0.15, 0.2) is 4.73 Å². The molecule has 0 aromatic carbocycles. The topological polar surface area (TPSA) is 50.8 Å². The Kier molecular flexibility index (Phi) is 2.18. The van der Waals surface area contributed by atoms with E-state index in [2.05, 4.69) is 31.1 Å². The molecule has 9 heavy (non-hydrogen) atoms. The average molecular weight is 192 g/mol. The largest absolute Gasteiger partial charge is 0.377 e. The third-order valence-electron chi connectivity index (χ3n) is 0.785. The molecule has 5 heteroatoms. The summed E-state index contributed by atoms with van der Waals surface area (Å²) in [5.41, 5.74) is 0. The molecule has 0 saturated carbocycles. The lowest BCUT2D eigenvalue weighted by Crippen LogP contribution is -1.88. The summed E-state index contributed by atoms with van der Waals surface area (Å²) < 4.78 is 5.35. The van der Waals surface area contributed by atoms with Crippen LogP contribution in [-0.4, -0.2) is 22.3 Å². The Balaban J connectivity index is 2.61. The van der Waals surface area contributed by atoms with Crippen molar-refractivity contribution in [1.29, 1.82) is 0 Å². The molecule has 4 nitrogen and oxygen atoms in total. The highest BCUT2D eigenvalue weighted by Gasteiger charge is 1.96. The minimum atomic E-state index is 0.471. The van der Waals surface area contributed by atoms with Crippen LogP contribution in [0.1, 0.15) is 5.82 Å². The molecule has 0 radical (unpaired) electrons. The van der Waals surface area contributed by atoms with Gasteiger partial charge in [-0.1, -0.05) is 0 Å². The number of H-pyrrole nitrogens is 1. The Morgan fingerprint density at radius 1 is 1.78 bits per heavy atom. The summed E-state index contributed by atoms with van der Waals surface area (Å²) in [5.74, 6) is 0.726. The van der Waals surface area contributed by atoms with Crippen molar-refractivity contribution in [1.82, 2.24) is 15.2 Å². The molecular weight excluding hydrogens is 186 g/mol. The van der Waals surface area contributed by atoms with Gasteiger partial charge in [0.25, 0.3) is 0 Å². The van der Waals surface area contributed by atoms with Crippen LogP contribution in [0.2, 0.25) is 0 Å². The molecule has 1 aromatic heterocycles. The van der Waals surface area contributed by atoms with Gasteiger partial charge in [-0.15, -0.1) is 5.10 Å². The average Bonchev–Trinajstić information content (AvgIpc) is 2.17. The van der Waals surface area contributed by atoms with Crippen molar-refractivity contribution in [3.05, 3.63) is 10.6 Å². The molecule has 1 N–H and O–H groups in total. The third-order valence-corrected chi connectivity index (χ3v) is 1.14. The maximum atomic E-state index is 4.79. The van der Waals surface area contributed by atoms with E-state index < -0.39 is 0 Å². The first kappa shape index (κ1) is 6.70. The van der Waals surface area contributed by atoms with Crippen LogP contribution in [0.5, 0.6) is 0 Å². The van der Waals surface area contributed by atoms with Gasteiger partial charge in [0.05, 0.1) is 0 Å². The Hall–Kier alpha value is -0.420. The molecule has 0 saturated heterocycles. The minimum Gasteiger partial charge on any atom is -0.377 e. The van der Waals surface area contributed by atoms with E-state index in [0.717, 1.165) is 5.82 Å². The van der Waals surface area contributed by atoms with Crippen LogP contribution >= 0.6 is 15.9 Å². The SMILES string of the molecule is COCc1nc(Br)n[nH]1. The molecule has 50 valence electrons. The summed E-state index contributed by atoms with van der Waals surface area (Å²) in [4.78, 5) is 3.93. The molecule has 0 aliphatic rings. The summed E-state index contributed by atoms with van der Waals surface area (Å²) in [6.07, 6.45) is 0. The fourth-order valence-electron chi connectivity index (χ4n) is 0.473. The van der Waals surface area contributed by atoms with Gasteiger partial charge in [-0.3, -0.25) is 5.10 Å². The van der Waals surface area contributed by atoms with Crippen LogP contribution in [-0.2, 0) is 11.3 Å². The van der Waals surface area contributed by atoms with Crippen molar-refractivity contribution in [3.8, 4) is 0 Å². The van der Waals surface area contributed by atoms with Crippen molar-refractivity contribution in [2.75, 3.05) is 7.11 Å². The van der Waals surface area contributed by atoms with Crippen molar-refractivity contribution < 1.29 is 4.74 Å². The number of hydrogen-bond acceptors (Lipinski definition) is 3. The second kappa shape index (κ2) is 2.93. The van der Waals surface area contributed by atoms with E-state index in [0.29, 0.717) is 11.3 Å². The van der Waals surface area contributed by atoms with Crippen LogP contribution < -0.4 is 0 Å². The first-order chi connectivity index (χ1) is 4.33. The molecule has 0 spiro atoms. The summed E-state index contributed by atoms with van der Waals surface area (Å²) in [6, 6.07) is 0. The van der Waals surface area contributed by atoms with Gasteiger partial charge in [-0.25, -0.2) is 4.98 Å². The zero-order chi connectivity index (χ0) is 6.69. The second-order valence-electron chi connectivity index (χ2n) is 1.48. The number of aromatic nitrogens is 3. The number of halogens is 1. The van der Waals surface area contributed by atoms with Gasteiger partial charge >= 0.3 is 0 Å². The Morgan fingerprint density at radius 2 is 2.56 bits per heavy atom. The highest BCUT2D eigenvalue weighted by molar-refractivity contribution is 9.10. The van der Waals surface area contributed by atoms with Gasteiger partial charge in [0.1, 0.15) is 6.61 Å². The summed E-state index contributed by atoms with van der Waals surface area (Å²) in [5, 5.41) is 6.41. The molecule has 0 amide bonds. The Bertz CT molecular complexity index is 188. The number of hydrogen-bond donors (Lipinski definition) is 1. The quantitative estimate of drug-likeness (QED) is 0.750. The molecule has 0 unspecified atom stereocenters. The number of ether oxygens (including phenoxy) is 1. The normalized spacial score (nSPS) is 10.0. The minimum absolute atomic E-state index is 0.471. The van der Waals surface area contributed by atoms with E-state index in [1.54, 1.807) is 7.11 Å². The molecule has 0 fully saturated rings. The lowest BCUT2D eigenvalue weighted by molar-refractivity contribution is 0.178. The number of nitrogens with one attached hydrogen (secondary N) is 1. The molecule has 0 aliphatic heterocycles. The van der Waals surface area contributed by atoms with Crippen LogP contribution in [0.4, 0.5) is 0 Å². The van der Waals surface area contributed by atoms with Gasteiger partial charge in [-0.2, -0.15) is 0 Å². The monoisotopic (exact) mass is 191 g/mol. The Labute approximate surface area is 60.8 Å². The first-order valence-electron chi connectivity index (χ1n) is 2.38. The molecule has 1 aromatic rings. The first-order valence-corrected chi connectivity index (χ1v) is 3.18. The zero-order valence-corrected chi connectivity index (χ0v) is 6.47. The van der Waals surface area contributed by atoms with Crippen molar-refractivity contribution in [2.24, 2.45) is 0 Å². The fourth-order valence-corrected chi connectivity index (χ4v) is 0.776. The highest BCUT2D eigenvalue weighted by Crippen LogP contribution is 2.00. The lowest BCUT2D eigenvalue weighted by Gasteiger charge is -1.87. The second-order valence-corrected chi connectivity index (χ2v) is 2.19. The molecular formula is C4H6BrN3O. The predicted octanol–water partition coefficient (Wildman–Crippen LogP) is 0.714. The standard InChI is InChI=1S/C4H6BrN3O/c1-9-2-3-6-4(5)8-7-3/h2H2,1H3,(H,6,7,8). The van der Waals surface area contributed by atoms with Gasteiger partial charge in [0.15, 0.2) is 5.82 Å². The smallest absolute Gasteiger partial charge is 0.217 e. The molecule has 1 heterocycles. The maximum absolute atomic E-state index is 4.79. The van der Waals surface area contributed by atoms with Gasteiger partial charge in [0.2, 0.25) is 4.73 Å². The molecule has 1 rings (SSSR count). The van der Waals surface area contributed by atoms with Gasteiger partial charge in [-0.05, 0) is 15.9 Å². The summed E-state index contributed by atoms with van der Waals surface area (Å²) in [6.45, 7) is 0.471. The summed E-state index contributed by atoms with van der Waals surface area (Å²) in [7, 11) is 1.61. The van der Waals surface area contributed by atoms with E-state index in [1.165, 1.54) is 0 Å². The van der Waals surface area contributed by atoms with E-state index >= 15 is 0 Å². The van der Waals surface area contributed by atoms with Crippen LogP contribution in [0.25, 0.3) is 0 Å². The van der Waals surface area contributed by atoms with Crippen molar-refractivity contribution >= 4 is 15.9 Å². The molecule has 0 atom stereocenters. The van der Waals surface area contributed by atoms with Gasteiger partial charge in [0, 0.05) is 7.11 Å². The lowest BCUT2D eigenvalue weighted by atomic mass is 10.7. The maximum Gasteiger partial charge on any atom is 0.217 e. The third kappa shape index (κ3) is 1.76. The molecule has 0 bridgehead atoms. The number of aromatic amines is 1.